The molecule has 0 unspecified atom stereocenters. The van der Waals surface area contributed by atoms with Gasteiger partial charge in [-0.3, -0.25) is 4.98 Å². The summed E-state index contributed by atoms with van der Waals surface area (Å²) in [6.07, 6.45) is 3.47. The van der Waals surface area contributed by atoms with Gasteiger partial charge in [0.1, 0.15) is 0 Å². The largest absolute Gasteiger partial charge is 0.451 e. The van der Waals surface area contributed by atoms with Crippen LogP contribution in [0.5, 0.6) is 0 Å². The molecule has 0 saturated heterocycles. The molecular weight excluding hydrogens is 382 g/mol. The fraction of sp³-hybridized carbons (Fsp3) is 0.263. The average molecular weight is 403 g/mol. The number of urea groups is 1. The number of hydrogen-bond acceptors (Lipinski definition) is 6. The Morgan fingerprint density at radius 1 is 1.29 bits per heavy atom. The summed E-state index contributed by atoms with van der Waals surface area (Å²) in [5, 5.41) is 12.8. The van der Waals surface area contributed by atoms with Gasteiger partial charge in [0, 0.05) is 23.2 Å². The number of carbonyl (C=O) groups is 1. The van der Waals surface area contributed by atoms with Crippen molar-refractivity contribution >= 4 is 32.6 Å². The van der Waals surface area contributed by atoms with E-state index in [1.165, 1.54) is 19.9 Å². The maximum Gasteiger partial charge on any atom is 0.333 e. The third kappa shape index (κ3) is 4.15. The van der Waals surface area contributed by atoms with Crippen molar-refractivity contribution in [1.82, 2.24) is 9.71 Å². The number of furan rings is 1. The standard InChI is InChI=1S/C19H21N3O5S/c1-4-12-8-13-6-5-7-20-17(13)15(9-12)21-18(23)22-28(25,26)16-10-14(11-27-16)19(2,3)24/h5-11,24H,4H2,1-3H3,(H2,21,22,23). The monoisotopic (exact) mass is 403 g/mol. The molecule has 3 aromatic rings. The minimum Gasteiger partial charge on any atom is -0.451 e. The highest BCUT2D eigenvalue weighted by atomic mass is 32.2. The number of aliphatic hydroxyl groups is 1. The van der Waals surface area contributed by atoms with Crippen LogP contribution in [-0.2, 0) is 22.0 Å². The van der Waals surface area contributed by atoms with Gasteiger partial charge in [0.05, 0.1) is 23.1 Å². The lowest BCUT2D eigenvalue weighted by molar-refractivity contribution is 0.0779. The topological polar surface area (TPSA) is 122 Å². The molecule has 8 nitrogen and oxygen atoms in total. The number of pyridine rings is 1. The number of anilines is 1. The van der Waals surface area contributed by atoms with Crippen LogP contribution in [0.25, 0.3) is 10.9 Å². The Balaban J connectivity index is 1.84. The Labute approximate surface area is 162 Å². The fourth-order valence-corrected chi connectivity index (χ4v) is 3.50. The second-order valence-electron chi connectivity index (χ2n) is 6.85. The van der Waals surface area contributed by atoms with Gasteiger partial charge in [-0.25, -0.2) is 9.52 Å². The van der Waals surface area contributed by atoms with Crippen molar-refractivity contribution in [3.05, 3.63) is 53.9 Å². The quantitative estimate of drug-likeness (QED) is 0.602. The Kier molecular flexibility index (Phi) is 5.14. The molecule has 9 heteroatoms. The molecule has 2 heterocycles. The first-order chi connectivity index (χ1) is 13.1. The van der Waals surface area contributed by atoms with Crippen molar-refractivity contribution in [2.24, 2.45) is 0 Å². The first-order valence-corrected chi connectivity index (χ1v) is 10.1. The van der Waals surface area contributed by atoms with Gasteiger partial charge in [0.15, 0.2) is 0 Å². The van der Waals surface area contributed by atoms with E-state index in [1.54, 1.807) is 18.3 Å². The molecule has 2 amide bonds. The van der Waals surface area contributed by atoms with E-state index in [1.807, 2.05) is 23.8 Å². The van der Waals surface area contributed by atoms with Crippen molar-refractivity contribution in [1.29, 1.82) is 0 Å². The predicted molar refractivity (Wildman–Crippen MR) is 104 cm³/mol. The third-order valence-corrected chi connectivity index (χ3v) is 5.39. The van der Waals surface area contributed by atoms with Crippen molar-refractivity contribution in [3.8, 4) is 0 Å². The van der Waals surface area contributed by atoms with Gasteiger partial charge in [0.25, 0.3) is 10.0 Å². The van der Waals surface area contributed by atoms with E-state index in [2.05, 4.69) is 10.3 Å². The molecule has 0 fully saturated rings. The number of nitrogens with zero attached hydrogens (tertiary/aromatic N) is 1. The number of rotatable bonds is 5. The third-order valence-electron chi connectivity index (χ3n) is 4.19. The van der Waals surface area contributed by atoms with Crippen LogP contribution in [-0.4, -0.2) is 24.5 Å². The maximum absolute atomic E-state index is 12.4. The van der Waals surface area contributed by atoms with E-state index in [-0.39, 0.29) is 5.56 Å². The highest BCUT2D eigenvalue weighted by molar-refractivity contribution is 7.89. The first-order valence-electron chi connectivity index (χ1n) is 8.63. The van der Waals surface area contributed by atoms with Crippen molar-refractivity contribution in [2.45, 2.75) is 37.9 Å². The van der Waals surface area contributed by atoms with Gasteiger partial charge in [0.2, 0.25) is 5.09 Å². The van der Waals surface area contributed by atoms with E-state index in [0.29, 0.717) is 11.2 Å². The molecule has 0 spiro atoms. The first kappa shape index (κ1) is 19.8. The number of benzene rings is 1. The molecule has 3 rings (SSSR count). The Hall–Kier alpha value is -2.91. The number of carbonyl (C=O) groups excluding carboxylic acids is 1. The maximum atomic E-state index is 12.4. The van der Waals surface area contributed by atoms with Gasteiger partial charge < -0.3 is 14.8 Å². The molecule has 0 aliphatic rings. The summed E-state index contributed by atoms with van der Waals surface area (Å²) >= 11 is 0. The second-order valence-corrected chi connectivity index (χ2v) is 8.46. The van der Waals surface area contributed by atoms with Crippen molar-refractivity contribution in [2.75, 3.05) is 5.32 Å². The molecular formula is C19H21N3O5S. The van der Waals surface area contributed by atoms with E-state index in [0.717, 1.165) is 23.6 Å². The van der Waals surface area contributed by atoms with Crippen LogP contribution in [0.4, 0.5) is 10.5 Å². The minimum atomic E-state index is -4.25. The lowest BCUT2D eigenvalue weighted by atomic mass is 10.0. The fourth-order valence-electron chi connectivity index (χ4n) is 2.65. The van der Waals surface area contributed by atoms with E-state index >= 15 is 0 Å². The van der Waals surface area contributed by atoms with Crippen LogP contribution in [0.3, 0.4) is 0 Å². The van der Waals surface area contributed by atoms with Gasteiger partial charge >= 0.3 is 6.03 Å². The molecule has 3 N–H and O–H groups in total. The normalized spacial score (nSPS) is 12.1. The second kappa shape index (κ2) is 7.25. The van der Waals surface area contributed by atoms with Gasteiger partial charge in [-0.1, -0.05) is 13.0 Å². The highest BCUT2D eigenvalue weighted by Gasteiger charge is 2.26. The number of nitrogens with one attached hydrogen (secondary N) is 2. The molecule has 2 aromatic heterocycles. The molecule has 0 aliphatic heterocycles. The van der Waals surface area contributed by atoms with Crippen LogP contribution in [0.1, 0.15) is 31.9 Å². The summed E-state index contributed by atoms with van der Waals surface area (Å²) in [4.78, 5) is 16.6. The van der Waals surface area contributed by atoms with Crippen molar-refractivity contribution < 1.29 is 22.7 Å². The van der Waals surface area contributed by atoms with Crippen LogP contribution < -0.4 is 10.0 Å². The molecule has 0 atom stereocenters. The van der Waals surface area contributed by atoms with Crippen LogP contribution in [0.15, 0.2) is 52.3 Å². The van der Waals surface area contributed by atoms with Crippen LogP contribution >= 0.6 is 0 Å². The SMILES string of the molecule is CCc1cc(NC(=O)NS(=O)(=O)c2cc(C(C)(C)O)co2)c2ncccc2c1. The molecule has 1 aromatic carbocycles. The smallest absolute Gasteiger partial charge is 0.333 e. The summed E-state index contributed by atoms with van der Waals surface area (Å²) in [7, 11) is -4.25. The zero-order valence-corrected chi connectivity index (χ0v) is 16.5. The number of amides is 2. The lowest BCUT2D eigenvalue weighted by Gasteiger charge is -2.13. The molecule has 148 valence electrons. The average Bonchev–Trinajstić information content (AvgIpc) is 3.12. The minimum absolute atomic E-state index is 0.277. The van der Waals surface area contributed by atoms with Gasteiger partial charge in [-0.15, -0.1) is 0 Å². The molecule has 0 radical (unpaired) electrons. The summed E-state index contributed by atoms with van der Waals surface area (Å²) in [6, 6.07) is 7.59. The number of fused-ring (bicyclic) bond motifs is 1. The summed E-state index contributed by atoms with van der Waals surface area (Å²) < 4.78 is 31.7. The number of aryl methyl sites for hydroxylation is 1. The Morgan fingerprint density at radius 3 is 2.68 bits per heavy atom. The predicted octanol–water partition coefficient (Wildman–Crippen LogP) is 3.13. The summed E-state index contributed by atoms with van der Waals surface area (Å²) in [6.45, 7) is 4.96. The van der Waals surface area contributed by atoms with Crippen LogP contribution in [0.2, 0.25) is 0 Å². The summed E-state index contributed by atoms with van der Waals surface area (Å²) in [5.41, 5.74) is 0.928. The zero-order chi connectivity index (χ0) is 20.5. The Bertz CT molecular complexity index is 1130. The summed E-state index contributed by atoms with van der Waals surface area (Å²) in [5.74, 6) is 0. The molecule has 0 bridgehead atoms. The molecule has 0 saturated carbocycles. The number of hydrogen-bond donors (Lipinski definition) is 3. The van der Waals surface area contributed by atoms with Gasteiger partial charge in [-0.2, -0.15) is 8.42 Å². The van der Waals surface area contributed by atoms with Gasteiger partial charge in [-0.05, 0) is 44.0 Å². The molecule has 0 aliphatic carbocycles. The number of sulfonamides is 1. The van der Waals surface area contributed by atoms with Crippen LogP contribution in [0, 0.1) is 0 Å². The van der Waals surface area contributed by atoms with E-state index < -0.39 is 26.7 Å². The highest BCUT2D eigenvalue weighted by Crippen LogP contribution is 2.25. The zero-order valence-electron chi connectivity index (χ0n) is 15.7. The lowest BCUT2D eigenvalue weighted by Crippen LogP contribution is -2.34. The van der Waals surface area contributed by atoms with Crippen molar-refractivity contribution in [3.63, 3.8) is 0 Å². The number of aromatic nitrogens is 1. The Morgan fingerprint density at radius 2 is 2.04 bits per heavy atom. The van der Waals surface area contributed by atoms with E-state index in [9.17, 15) is 18.3 Å². The van der Waals surface area contributed by atoms with E-state index in [4.69, 9.17) is 4.42 Å². The molecule has 28 heavy (non-hydrogen) atoms.